The van der Waals surface area contributed by atoms with Gasteiger partial charge >= 0.3 is 0 Å². The minimum absolute atomic E-state index is 0.168. The molecule has 0 saturated heterocycles. The van der Waals surface area contributed by atoms with Crippen molar-refractivity contribution in [2.45, 2.75) is 38.7 Å². The van der Waals surface area contributed by atoms with Gasteiger partial charge in [-0.05, 0) is 26.7 Å². The van der Waals surface area contributed by atoms with Crippen molar-refractivity contribution in [2.75, 3.05) is 31.3 Å². The molecule has 100 valence electrons. The molecule has 2 rings (SSSR count). The fraction of sp³-hybridized carbons (Fsp3) is 0.692. The maximum Gasteiger partial charge on any atom is 0.136 e. The molecule has 1 aliphatic carbocycles. The van der Waals surface area contributed by atoms with Crippen LogP contribution in [0.2, 0.25) is 0 Å². The maximum absolute atomic E-state index is 5.24. The van der Waals surface area contributed by atoms with Crippen LogP contribution in [0.15, 0.2) is 0 Å². The van der Waals surface area contributed by atoms with Crippen LogP contribution in [-0.2, 0) is 4.74 Å². The molecule has 0 bridgehead atoms. The van der Waals surface area contributed by atoms with E-state index >= 15 is 0 Å². The molecule has 0 aromatic carbocycles. The van der Waals surface area contributed by atoms with Crippen LogP contribution in [0.5, 0.6) is 0 Å². The van der Waals surface area contributed by atoms with Crippen LogP contribution >= 0.6 is 0 Å². The fourth-order valence-corrected chi connectivity index (χ4v) is 1.80. The molecule has 5 heteroatoms. The molecule has 0 spiro atoms. The number of nitrogens with zero attached hydrogens (tertiary/aromatic N) is 2. The summed E-state index contributed by atoms with van der Waals surface area (Å²) in [6, 6.07) is 0. The summed E-state index contributed by atoms with van der Waals surface area (Å²) in [5.74, 6) is 3.34. The highest BCUT2D eigenvalue weighted by Crippen LogP contribution is 2.39. The molecular formula is C13H22N4O. The Labute approximate surface area is 108 Å². The van der Waals surface area contributed by atoms with E-state index in [1.807, 2.05) is 20.9 Å². The van der Waals surface area contributed by atoms with E-state index in [2.05, 4.69) is 20.6 Å². The first-order chi connectivity index (χ1) is 8.65. The molecule has 1 unspecified atom stereocenters. The van der Waals surface area contributed by atoms with E-state index in [0.717, 1.165) is 29.6 Å². The van der Waals surface area contributed by atoms with Crippen molar-refractivity contribution in [1.29, 1.82) is 0 Å². The van der Waals surface area contributed by atoms with Gasteiger partial charge in [0.05, 0.1) is 6.10 Å². The van der Waals surface area contributed by atoms with Gasteiger partial charge < -0.3 is 15.4 Å². The number of hydrogen-bond donors (Lipinski definition) is 2. The van der Waals surface area contributed by atoms with Crippen LogP contribution in [0.25, 0.3) is 0 Å². The van der Waals surface area contributed by atoms with Crippen LogP contribution in [0.3, 0.4) is 0 Å². The first-order valence-corrected chi connectivity index (χ1v) is 6.48. The van der Waals surface area contributed by atoms with Gasteiger partial charge in [0, 0.05) is 32.2 Å². The fourth-order valence-electron chi connectivity index (χ4n) is 1.80. The predicted octanol–water partition coefficient (Wildman–Crippen LogP) is 2.15. The summed E-state index contributed by atoms with van der Waals surface area (Å²) in [7, 11) is 3.61. The number of rotatable bonds is 6. The zero-order chi connectivity index (χ0) is 13.1. The molecule has 0 radical (unpaired) electrons. The third-order valence-corrected chi connectivity index (χ3v) is 3.30. The molecule has 0 amide bonds. The van der Waals surface area contributed by atoms with Gasteiger partial charge in [-0.3, -0.25) is 0 Å². The van der Waals surface area contributed by atoms with Gasteiger partial charge in [-0.2, -0.15) is 0 Å². The first-order valence-electron chi connectivity index (χ1n) is 6.48. The molecule has 2 N–H and O–H groups in total. The lowest BCUT2D eigenvalue weighted by Crippen LogP contribution is -2.20. The average Bonchev–Trinajstić information content (AvgIpc) is 3.21. The summed E-state index contributed by atoms with van der Waals surface area (Å²) >= 11 is 0. The predicted molar refractivity (Wildman–Crippen MR) is 73.3 cm³/mol. The van der Waals surface area contributed by atoms with Crippen LogP contribution in [0.4, 0.5) is 11.6 Å². The number of ether oxygens (including phenoxy) is 1. The molecule has 0 aliphatic heterocycles. The van der Waals surface area contributed by atoms with Gasteiger partial charge in [0.15, 0.2) is 0 Å². The quantitative estimate of drug-likeness (QED) is 0.810. The Bertz CT molecular complexity index is 418. The summed E-state index contributed by atoms with van der Waals surface area (Å²) in [6.45, 7) is 4.81. The van der Waals surface area contributed by atoms with E-state index in [-0.39, 0.29) is 6.10 Å². The molecule has 1 aliphatic rings. The van der Waals surface area contributed by atoms with E-state index in [1.165, 1.54) is 12.8 Å². The molecule has 1 atom stereocenters. The Morgan fingerprint density at radius 2 is 2.00 bits per heavy atom. The third kappa shape index (κ3) is 2.90. The molecule has 1 heterocycles. The Morgan fingerprint density at radius 3 is 2.56 bits per heavy atom. The summed E-state index contributed by atoms with van der Waals surface area (Å²) in [6.07, 6.45) is 2.59. The van der Waals surface area contributed by atoms with Crippen molar-refractivity contribution >= 4 is 11.6 Å². The Kier molecular flexibility index (Phi) is 4.01. The second-order valence-corrected chi connectivity index (χ2v) is 4.86. The van der Waals surface area contributed by atoms with Crippen molar-refractivity contribution in [3.63, 3.8) is 0 Å². The highest BCUT2D eigenvalue weighted by Gasteiger charge is 2.28. The zero-order valence-electron chi connectivity index (χ0n) is 11.6. The monoisotopic (exact) mass is 250 g/mol. The Balaban J connectivity index is 2.18. The molecule has 1 fully saturated rings. The first kappa shape index (κ1) is 13.1. The molecule has 18 heavy (non-hydrogen) atoms. The van der Waals surface area contributed by atoms with Gasteiger partial charge in [0.25, 0.3) is 0 Å². The van der Waals surface area contributed by atoms with E-state index in [4.69, 9.17) is 4.74 Å². The van der Waals surface area contributed by atoms with Gasteiger partial charge in [0.2, 0.25) is 0 Å². The van der Waals surface area contributed by atoms with Crippen LogP contribution < -0.4 is 10.6 Å². The molecule has 5 nitrogen and oxygen atoms in total. The molecular weight excluding hydrogens is 228 g/mol. The topological polar surface area (TPSA) is 59.1 Å². The van der Waals surface area contributed by atoms with Gasteiger partial charge in [-0.25, -0.2) is 9.97 Å². The number of aromatic nitrogens is 2. The second-order valence-electron chi connectivity index (χ2n) is 4.86. The van der Waals surface area contributed by atoms with E-state index in [0.29, 0.717) is 5.92 Å². The number of hydrogen-bond acceptors (Lipinski definition) is 5. The van der Waals surface area contributed by atoms with Crippen LogP contribution in [0, 0.1) is 6.92 Å². The van der Waals surface area contributed by atoms with E-state index in [1.54, 1.807) is 7.11 Å². The Hall–Kier alpha value is -1.36. The van der Waals surface area contributed by atoms with Gasteiger partial charge in [-0.1, -0.05) is 0 Å². The maximum atomic E-state index is 5.24. The largest absolute Gasteiger partial charge is 0.380 e. The standard InChI is InChI=1S/C13H22N4O/c1-8(18-4)7-15-12-9(2)11(14-3)16-13(17-12)10-5-6-10/h8,10H,5-7H2,1-4H3,(H2,14,15,16,17). The lowest BCUT2D eigenvalue weighted by atomic mass is 10.2. The molecule has 1 saturated carbocycles. The smallest absolute Gasteiger partial charge is 0.136 e. The number of anilines is 2. The molecule has 1 aromatic rings. The zero-order valence-corrected chi connectivity index (χ0v) is 11.6. The molecule has 1 aromatic heterocycles. The van der Waals surface area contributed by atoms with E-state index < -0.39 is 0 Å². The van der Waals surface area contributed by atoms with Crippen molar-refractivity contribution < 1.29 is 4.74 Å². The van der Waals surface area contributed by atoms with Gasteiger partial charge in [0.1, 0.15) is 17.5 Å². The van der Waals surface area contributed by atoms with Crippen molar-refractivity contribution in [2.24, 2.45) is 0 Å². The third-order valence-electron chi connectivity index (χ3n) is 3.30. The number of nitrogens with one attached hydrogen (secondary N) is 2. The van der Waals surface area contributed by atoms with E-state index in [9.17, 15) is 0 Å². The van der Waals surface area contributed by atoms with Crippen LogP contribution in [-0.4, -0.2) is 36.8 Å². The average molecular weight is 250 g/mol. The SMILES string of the molecule is CNc1nc(C2CC2)nc(NCC(C)OC)c1C. The van der Waals surface area contributed by atoms with Crippen molar-refractivity contribution in [3.05, 3.63) is 11.4 Å². The highest BCUT2D eigenvalue weighted by molar-refractivity contribution is 5.57. The number of methoxy groups -OCH3 is 1. The summed E-state index contributed by atoms with van der Waals surface area (Å²) in [4.78, 5) is 9.20. The summed E-state index contributed by atoms with van der Waals surface area (Å²) < 4.78 is 5.24. The minimum Gasteiger partial charge on any atom is -0.380 e. The summed E-state index contributed by atoms with van der Waals surface area (Å²) in [5.41, 5.74) is 1.06. The van der Waals surface area contributed by atoms with Crippen molar-refractivity contribution in [1.82, 2.24) is 9.97 Å². The van der Waals surface area contributed by atoms with Crippen LogP contribution in [0.1, 0.15) is 37.1 Å². The highest BCUT2D eigenvalue weighted by atomic mass is 16.5. The summed E-state index contributed by atoms with van der Waals surface area (Å²) in [5, 5.41) is 6.48. The lowest BCUT2D eigenvalue weighted by molar-refractivity contribution is 0.128. The lowest BCUT2D eigenvalue weighted by Gasteiger charge is -2.15. The normalized spacial score (nSPS) is 16.4. The second kappa shape index (κ2) is 5.52. The van der Waals surface area contributed by atoms with Gasteiger partial charge in [-0.15, -0.1) is 0 Å². The minimum atomic E-state index is 0.168. The Morgan fingerprint density at radius 1 is 1.33 bits per heavy atom. The van der Waals surface area contributed by atoms with Crippen molar-refractivity contribution in [3.8, 4) is 0 Å².